The quantitative estimate of drug-likeness (QED) is 0.399. The smallest absolute Gasteiger partial charge is 0.244 e. The van der Waals surface area contributed by atoms with Crippen LogP contribution < -0.4 is 23.8 Å². The number of sulfonamides is 1. The molecule has 3 rings (SSSR count). The number of carbonyl (C=O) groups is 2. The molecular formula is C28H39N3O7S. The van der Waals surface area contributed by atoms with Gasteiger partial charge >= 0.3 is 0 Å². The predicted molar refractivity (Wildman–Crippen MR) is 150 cm³/mol. The molecule has 10 nitrogen and oxygen atoms in total. The molecule has 2 aromatic carbocycles. The maximum Gasteiger partial charge on any atom is 0.244 e. The molecule has 2 amide bonds. The lowest BCUT2D eigenvalue weighted by Gasteiger charge is -2.33. The number of benzene rings is 2. The SMILES string of the molecule is CC[C@@H](C(=O)NCC(C)C)N(Cc1ccc(OC)cc1)C(=O)CN(c1ccc2c(c1)OCCO2)S(=O)(=O)CC. The van der Waals surface area contributed by atoms with E-state index in [1.807, 2.05) is 32.9 Å². The summed E-state index contributed by atoms with van der Waals surface area (Å²) >= 11 is 0. The van der Waals surface area contributed by atoms with E-state index in [4.69, 9.17) is 14.2 Å². The van der Waals surface area contributed by atoms with Gasteiger partial charge in [0.1, 0.15) is 31.5 Å². The number of hydrogen-bond acceptors (Lipinski definition) is 7. The number of rotatable bonds is 13. The van der Waals surface area contributed by atoms with E-state index in [-0.39, 0.29) is 29.8 Å². The Bertz CT molecular complexity index is 1230. The van der Waals surface area contributed by atoms with Gasteiger partial charge in [0.2, 0.25) is 21.8 Å². The summed E-state index contributed by atoms with van der Waals surface area (Å²) in [6.45, 7) is 8.19. The van der Waals surface area contributed by atoms with Crippen LogP contribution in [0.25, 0.3) is 0 Å². The Hall–Kier alpha value is -3.47. The van der Waals surface area contributed by atoms with Gasteiger partial charge in [0.25, 0.3) is 0 Å². The van der Waals surface area contributed by atoms with E-state index >= 15 is 0 Å². The summed E-state index contributed by atoms with van der Waals surface area (Å²) in [6, 6.07) is 11.2. The molecule has 1 aliphatic rings. The number of hydrogen-bond donors (Lipinski definition) is 1. The van der Waals surface area contributed by atoms with Gasteiger partial charge in [0.15, 0.2) is 11.5 Å². The summed E-state index contributed by atoms with van der Waals surface area (Å²) in [7, 11) is -2.28. The van der Waals surface area contributed by atoms with Crippen molar-refractivity contribution in [1.82, 2.24) is 10.2 Å². The monoisotopic (exact) mass is 561 g/mol. The Balaban J connectivity index is 1.96. The zero-order chi connectivity index (χ0) is 28.6. The van der Waals surface area contributed by atoms with Crippen molar-refractivity contribution in [3.05, 3.63) is 48.0 Å². The summed E-state index contributed by atoms with van der Waals surface area (Å²) in [6.07, 6.45) is 0.358. The molecule has 0 unspecified atom stereocenters. The van der Waals surface area contributed by atoms with Crippen molar-refractivity contribution in [3.63, 3.8) is 0 Å². The van der Waals surface area contributed by atoms with Crippen LogP contribution in [0.1, 0.15) is 39.7 Å². The van der Waals surface area contributed by atoms with Crippen LogP contribution in [-0.2, 0) is 26.2 Å². The van der Waals surface area contributed by atoms with E-state index in [1.54, 1.807) is 37.4 Å². The predicted octanol–water partition coefficient (Wildman–Crippen LogP) is 3.20. The fraction of sp³-hybridized carbons (Fsp3) is 0.500. The molecule has 0 saturated heterocycles. The number of methoxy groups -OCH3 is 1. The second kappa shape index (κ2) is 13.5. The first-order chi connectivity index (χ1) is 18.6. The molecule has 11 heteroatoms. The number of fused-ring (bicyclic) bond motifs is 1. The highest BCUT2D eigenvalue weighted by Crippen LogP contribution is 2.35. The van der Waals surface area contributed by atoms with Crippen LogP contribution in [0.5, 0.6) is 17.2 Å². The topological polar surface area (TPSA) is 114 Å². The average Bonchev–Trinajstić information content (AvgIpc) is 2.94. The molecule has 0 aliphatic carbocycles. The largest absolute Gasteiger partial charge is 0.497 e. The molecule has 1 heterocycles. The highest BCUT2D eigenvalue weighted by molar-refractivity contribution is 7.92. The van der Waals surface area contributed by atoms with Crippen LogP contribution in [0.3, 0.4) is 0 Å². The van der Waals surface area contributed by atoms with E-state index in [0.717, 1.165) is 9.87 Å². The fourth-order valence-electron chi connectivity index (χ4n) is 4.18. The van der Waals surface area contributed by atoms with E-state index in [0.29, 0.717) is 43.4 Å². The van der Waals surface area contributed by atoms with Gasteiger partial charge in [-0.25, -0.2) is 8.42 Å². The van der Waals surface area contributed by atoms with Crippen molar-refractivity contribution in [2.24, 2.45) is 5.92 Å². The first-order valence-corrected chi connectivity index (χ1v) is 14.8. The van der Waals surface area contributed by atoms with Gasteiger partial charge in [0.05, 0.1) is 18.6 Å². The molecular weight excluding hydrogens is 522 g/mol. The molecule has 0 aromatic heterocycles. The van der Waals surface area contributed by atoms with Crippen LogP contribution in [0, 0.1) is 5.92 Å². The van der Waals surface area contributed by atoms with E-state index in [9.17, 15) is 18.0 Å². The maximum atomic E-state index is 13.9. The Morgan fingerprint density at radius 3 is 2.28 bits per heavy atom. The molecule has 214 valence electrons. The molecule has 0 saturated carbocycles. The molecule has 1 atom stereocenters. The van der Waals surface area contributed by atoms with Crippen molar-refractivity contribution in [3.8, 4) is 17.2 Å². The van der Waals surface area contributed by atoms with Gasteiger partial charge in [0, 0.05) is 19.2 Å². The van der Waals surface area contributed by atoms with Gasteiger partial charge in [-0.1, -0.05) is 32.9 Å². The first-order valence-electron chi connectivity index (χ1n) is 13.2. The standard InChI is InChI=1S/C28H39N3O7S/c1-6-24(28(33)29-17-20(3)4)30(18-21-8-11-23(36-5)12-9-21)27(32)19-31(39(34,35)7-2)22-10-13-25-26(16-22)38-15-14-37-25/h8-13,16,20,24H,6-7,14-15,17-19H2,1-5H3,(H,29,33)/t24-/m0/s1. The number of nitrogens with zero attached hydrogens (tertiary/aromatic N) is 2. The van der Waals surface area contributed by atoms with Crippen LogP contribution in [0.2, 0.25) is 0 Å². The lowest BCUT2D eigenvalue weighted by molar-refractivity contribution is -0.140. The lowest BCUT2D eigenvalue weighted by atomic mass is 10.1. The summed E-state index contributed by atoms with van der Waals surface area (Å²) in [5, 5.41) is 2.92. The van der Waals surface area contributed by atoms with Crippen molar-refractivity contribution in [2.45, 2.75) is 46.7 Å². The molecule has 39 heavy (non-hydrogen) atoms. The summed E-state index contributed by atoms with van der Waals surface area (Å²) in [4.78, 5) is 28.6. The van der Waals surface area contributed by atoms with Crippen molar-refractivity contribution >= 4 is 27.5 Å². The number of amides is 2. The minimum Gasteiger partial charge on any atom is -0.497 e. The molecule has 0 radical (unpaired) electrons. The lowest BCUT2D eigenvalue weighted by Crippen LogP contribution is -2.52. The molecule has 0 bridgehead atoms. The van der Waals surface area contributed by atoms with Gasteiger partial charge in [-0.05, 0) is 49.1 Å². The third-order valence-corrected chi connectivity index (χ3v) is 8.12. The van der Waals surface area contributed by atoms with Gasteiger partial charge in [-0.3, -0.25) is 13.9 Å². The Morgan fingerprint density at radius 2 is 1.69 bits per heavy atom. The highest BCUT2D eigenvalue weighted by Gasteiger charge is 2.33. The van der Waals surface area contributed by atoms with Crippen molar-refractivity contribution in [1.29, 1.82) is 0 Å². The summed E-state index contributed by atoms with van der Waals surface area (Å²) in [5.74, 6) is 0.840. The van der Waals surface area contributed by atoms with Crippen LogP contribution in [0.15, 0.2) is 42.5 Å². The number of carbonyl (C=O) groups excluding carboxylic acids is 2. The van der Waals surface area contributed by atoms with E-state index in [2.05, 4.69) is 5.32 Å². The van der Waals surface area contributed by atoms with E-state index < -0.39 is 28.5 Å². The highest BCUT2D eigenvalue weighted by atomic mass is 32.2. The fourth-order valence-corrected chi connectivity index (χ4v) is 5.23. The third kappa shape index (κ3) is 7.78. The van der Waals surface area contributed by atoms with Crippen molar-refractivity contribution < 1.29 is 32.2 Å². The minimum atomic E-state index is -3.85. The van der Waals surface area contributed by atoms with Crippen molar-refractivity contribution in [2.75, 3.05) is 43.5 Å². The average molecular weight is 562 g/mol. The Kier molecular flexibility index (Phi) is 10.4. The molecule has 1 N–H and O–H groups in total. The maximum absolute atomic E-state index is 13.9. The number of ether oxygens (including phenoxy) is 3. The molecule has 1 aliphatic heterocycles. The van der Waals surface area contributed by atoms with Crippen LogP contribution in [0.4, 0.5) is 5.69 Å². The third-order valence-electron chi connectivity index (χ3n) is 6.38. The number of anilines is 1. The van der Waals surface area contributed by atoms with Gasteiger partial charge < -0.3 is 24.4 Å². The second-order valence-electron chi connectivity index (χ2n) is 9.67. The Labute approximate surface area is 231 Å². The van der Waals surface area contributed by atoms with Crippen LogP contribution >= 0.6 is 0 Å². The van der Waals surface area contributed by atoms with Gasteiger partial charge in [-0.15, -0.1) is 0 Å². The zero-order valence-corrected chi connectivity index (χ0v) is 24.1. The second-order valence-corrected chi connectivity index (χ2v) is 11.8. The number of nitrogens with one attached hydrogen (secondary N) is 1. The van der Waals surface area contributed by atoms with E-state index in [1.165, 1.54) is 11.8 Å². The first kappa shape index (κ1) is 30.1. The zero-order valence-electron chi connectivity index (χ0n) is 23.3. The Morgan fingerprint density at radius 1 is 1.03 bits per heavy atom. The van der Waals surface area contributed by atoms with Gasteiger partial charge in [-0.2, -0.15) is 0 Å². The van der Waals surface area contributed by atoms with Crippen LogP contribution in [-0.4, -0.2) is 70.3 Å². The molecule has 2 aromatic rings. The molecule has 0 spiro atoms. The summed E-state index contributed by atoms with van der Waals surface area (Å²) < 4.78 is 43.9. The molecule has 0 fully saturated rings. The normalized spacial score (nSPS) is 13.5. The summed E-state index contributed by atoms with van der Waals surface area (Å²) in [5.41, 5.74) is 1.07. The minimum absolute atomic E-state index is 0.123.